The molecule has 9 atom stereocenters. The number of alkyl carbamates (subject to hydrolysis) is 1. The van der Waals surface area contributed by atoms with Gasteiger partial charge in [0.05, 0.1) is 88.2 Å². The number of carbonyl (C=O) groups is 10. The van der Waals surface area contributed by atoms with Crippen LogP contribution in [0.15, 0.2) is 89.7 Å². The molecule has 0 spiro atoms. The molecule has 30 nitrogen and oxygen atoms in total. The second-order valence-corrected chi connectivity index (χ2v) is 44.9. The SMILES string of the molecule is CCC1C(CCCS(C)(C)C)C(C)C2C(=O)N(CCC(=O)NCC(C)(C)OCCC(C)(C)C(=O)NCCC(=O)N3Cc4ccccc4-c4c(nnn4C(C)(C)COC(C)(C)CCC(=O)NC(C(=O)N[C@@H](CCCCN)C(=O)Nc4ccc(COC(=O)N[C@H]5CCc6c(C)c(F)cc7nc8c(c5c67)Cn5c-8cc6c(c5=O)COC(=O)[C@]6(O)CC)cc4)C(C)C)-c4ccccc43)C(=O)C12. The Labute approximate surface area is 773 Å². The minimum atomic E-state index is -2.06. The fourth-order valence-corrected chi connectivity index (χ4v) is 20.8. The number of ether oxygens (including phenoxy) is 4. The molecule has 6 aliphatic rings. The van der Waals surface area contributed by atoms with Gasteiger partial charge in [-0.05, 0) is 219 Å². The van der Waals surface area contributed by atoms with Gasteiger partial charge in [0.25, 0.3) is 5.56 Å². The first-order valence-electron chi connectivity index (χ1n) is 46.6. The van der Waals surface area contributed by atoms with E-state index in [1.807, 2.05) is 109 Å². The van der Waals surface area contributed by atoms with Crippen LogP contribution in [-0.2, 0) is 106 Å². The number of hydrogen-bond acceptors (Lipinski definition) is 20. The molecular formula is C100H133FN14O16S. The topological polar surface area (TPSA) is 398 Å². The van der Waals surface area contributed by atoms with Crippen LogP contribution in [0.4, 0.5) is 20.6 Å². The van der Waals surface area contributed by atoms with Crippen molar-refractivity contribution in [1.29, 1.82) is 0 Å². The number of benzene rings is 4. The lowest BCUT2D eigenvalue weighted by molar-refractivity contribution is -0.172. The summed E-state index contributed by atoms with van der Waals surface area (Å²) in [6.45, 7) is 27.0. The number of anilines is 2. The van der Waals surface area contributed by atoms with Gasteiger partial charge in [-0.2, -0.15) is 0 Å². The van der Waals surface area contributed by atoms with E-state index < -0.39 is 97.1 Å². The third-order valence-electron chi connectivity index (χ3n) is 27.7. The van der Waals surface area contributed by atoms with E-state index in [0.717, 1.165) is 36.0 Å². The van der Waals surface area contributed by atoms with E-state index in [0.29, 0.717) is 117 Å². The normalized spacial score (nSPS) is 19.8. The highest BCUT2D eigenvalue weighted by molar-refractivity contribution is 8.32. The van der Waals surface area contributed by atoms with Gasteiger partial charge in [0, 0.05) is 90.3 Å². The molecule has 2 fully saturated rings. The third-order valence-corrected chi connectivity index (χ3v) is 29.2. The first-order chi connectivity index (χ1) is 62.4. The number of fused-ring (bicyclic) bond motifs is 11. The largest absolute Gasteiger partial charge is 0.458 e. The summed E-state index contributed by atoms with van der Waals surface area (Å²) in [4.78, 5) is 161. The van der Waals surface area contributed by atoms with Gasteiger partial charge in [0.15, 0.2) is 5.60 Å². The number of hydrogen-bond donors (Lipinski definition) is 8. The Kier molecular flexibility index (Phi) is 30.0. The number of rotatable bonds is 39. The van der Waals surface area contributed by atoms with Gasteiger partial charge in [-0.25, -0.2) is 33.7 Å². The van der Waals surface area contributed by atoms with Crippen molar-refractivity contribution in [2.45, 2.75) is 254 Å². The van der Waals surface area contributed by atoms with Gasteiger partial charge in [0.2, 0.25) is 47.3 Å². The Hall–Kier alpha value is -10.8. The highest BCUT2D eigenvalue weighted by atomic mass is 32.3. The summed E-state index contributed by atoms with van der Waals surface area (Å²) in [5.74, 6) is -3.10. The summed E-state index contributed by atoms with van der Waals surface area (Å²) < 4.78 is 43.0. The number of cyclic esters (lactones) is 1. The summed E-state index contributed by atoms with van der Waals surface area (Å²) in [6, 6.07) is 22.2. The zero-order valence-corrected chi connectivity index (χ0v) is 80.3. The number of carbonyl (C=O) groups excluding carboxylic acids is 10. The predicted molar refractivity (Wildman–Crippen MR) is 504 cm³/mol. The molecule has 0 bridgehead atoms. The van der Waals surface area contributed by atoms with Crippen molar-refractivity contribution in [1.82, 2.24) is 56.0 Å². The van der Waals surface area contributed by atoms with Gasteiger partial charge in [-0.1, -0.05) is 115 Å². The third kappa shape index (κ3) is 21.2. The van der Waals surface area contributed by atoms with Crippen LogP contribution in [0.2, 0.25) is 0 Å². The van der Waals surface area contributed by atoms with Crippen LogP contribution in [0.3, 0.4) is 0 Å². The lowest BCUT2D eigenvalue weighted by atomic mass is 9.81. The molecule has 4 aliphatic heterocycles. The molecule has 3 aromatic heterocycles. The molecule has 7 aromatic rings. The number of esters is 1. The van der Waals surface area contributed by atoms with Crippen LogP contribution in [-0.4, -0.2) is 181 Å². The first-order valence-corrected chi connectivity index (χ1v) is 49.7. The molecule has 32 heteroatoms. The van der Waals surface area contributed by atoms with Crippen LogP contribution in [0.1, 0.15) is 224 Å². The molecule has 13 rings (SSSR count). The van der Waals surface area contributed by atoms with E-state index in [1.54, 1.807) is 62.9 Å². The summed E-state index contributed by atoms with van der Waals surface area (Å²) in [6.07, 6.45) is 11.8. The van der Waals surface area contributed by atoms with E-state index in [9.17, 15) is 57.8 Å². The molecular weight excluding hydrogens is 1700 g/mol. The maximum atomic E-state index is 15.6. The van der Waals surface area contributed by atoms with E-state index in [-0.39, 0.29) is 168 Å². The van der Waals surface area contributed by atoms with Gasteiger partial charge in [0.1, 0.15) is 36.8 Å². The van der Waals surface area contributed by atoms with E-state index in [4.69, 9.17) is 40.0 Å². The number of nitrogens with zero attached hydrogens (tertiary/aromatic N) is 7. The number of aliphatic hydroxyl groups is 1. The van der Waals surface area contributed by atoms with E-state index in [2.05, 4.69) is 64.5 Å². The molecule has 9 amide bonds. The Bertz CT molecular complexity index is 5640. The Morgan fingerprint density at radius 2 is 1.48 bits per heavy atom. The average Bonchev–Trinajstić information content (AvgIpc) is 1.53. The van der Waals surface area contributed by atoms with Crippen molar-refractivity contribution in [2.75, 3.05) is 74.1 Å². The minimum Gasteiger partial charge on any atom is -0.458 e. The van der Waals surface area contributed by atoms with Gasteiger partial charge in [-0.3, -0.25) is 48.1 Å². The zero-order chi connectivity index (χ0) is 95.6. The van der Waals surface area contributed by atoms with Crippen molar-refractivity contribution in [3.05, 3.63) is 146 Å². The molecule has 6 unspecified atom stereocenters. The lowest BCUT2D eigenvalue weighted by Crippen LogP contribution is -2.54. The number of nitrogens with two attached hydrogens (primary N) is 1. The Morgan fingerprint density at radius 3 is 2.19 bits per heavy atom. The molecule has 1 saturated carbocycles. The minimum absolute atomic E-state index is 0.0114. The second-order valence-electron chi connectivity index (χ2n) is 40.3. The maximum Gasteiger partial charge on any atom is 0.407 e. The zero-order valence-electron chi connectivity index (χ0n) is 79.5. The second kappa shape index (κ2) is 40.2. The summed E-state index contributed by atoms with van der Waals surface area (Å²) in [5.41, 5.74) is 8.90. The van der Waals surface area contributed by atoms with Crippen molar-refractivity contribution in [2.24, 2.45) is 46.7 Å². The van der Waals surface area contributed by atoms with Crippen molar-refractivity contribution >= 4 is 91.6 Å². The number of nitrogens with one attached hydrogen (secondary N) is 6. The monoisotopic (exact) mass is 1840 g/mol. The molecule has 132 heavy (non-hydrogen) atoms. The smallest absolute Gasteiger partial charge is 0.407 e. The molecule has 9 N–H and O–H groups in total. The van der Waals surface area contributed by atoms with Crippen molar-refractivity contribution in [3.63, 3.8) is 0 Å². The number of unbranched alkanes of at least 4 members (excludes halogenated alkanes) is 1. The molecule has 712 valence electrons. The number of halogens is 1. The van der Waals surface area contributed by atoms with Gasteiger partial charge >= 0.3 is 12.1 Å². The molecule has 1 saturated heterocycles. The van der Waals surface area contributed by atoms with Crippen LogP contribution in [0.5, 0.6) is 0 Å². The summed E-state index contributed by atoms with van der Waals surface area (Å²) in [5, 5.41) is 39.5. The summed E-state index contributed by atoms with van der Waals surface area (Å²) >= 11 is 0. The Morgan fingerprint density at radius 1 is 0.773 bits per heavy atom. The quantitative estimate of drug-likeness (QED) is 0.0101. The fourth-order valence-electron chi connectivity index (χ4n) is 19.8. The maximum absolute atomic E-state index is 15.6. The highest BCUT2D eigenvalue weighted by Crippen LogP contribution is 2.55. The van der Waals surface area contributed by atoms with Gasteiger partial charge < -0.3 is 71.2 Å². The number of para-hydroxylation sites is 1. The number of amides is 9. The highest BCUT2D eigenvalue weighted by Gasteiger charge is 2.60. The van der Waals surface area contributed by atoms with Crippen molar-refractivity contribution in [3.8, 4) is 33.9 Å². The lowest BCUT2D eigenvalue weighted by Gasteiger charge is -2.34. The number of imide groups is 1. The van der Waals surface area contributed by atoms with Crippen LogP contribution in [0, 0.1) is 53.7 Å². The molecule has 4 aromatic carbocycles. The predicted octanol–water partition coefficient (Wildman–Crippen LogP) is 12.5. The number of aromatic nitrogens is 5. The van der Waals surface area contributed by atoms with Crippen LogP contribution >= 0.6 is 10.0 Å². The van der Waals surface area contributed by atoms with Crippen LogP contribution in [0.25, 0.3) is 44.8 Å². The number of aryl methyl sites for hydroxylation is 1. The molecule has 7 heterocycles. The van der Waals surface area contributed by atoms with E-state index in [1.165, 1.54) is 21.3 Å². The van der Waals surface area contributed by atoms with E-state index >= 15 is 4.39 Å². The molecule has 0 radical (unpaired) electrons. The van der Waals surface area contributed by atoms with Crippen molar-refractivity contribution < 1.29 is 76.4 Å². The standard InChI is InChI=1S/C100H133FN14O16S/c1-18-63-64(30-26-48-132(15,16)17)59(6)80-83(63)92(123)112(91(80)122)46-41-77(116)104-55-99(13,14)130-47-43-96(7,8)93(124)103-45-40-79(118)113-51-61-27-20-21-28-66(61)87-86(67-29-22-23-32-75(67)113)110-111-115(87)97(9,10)56-131-98(11,12)42-39-78(117)109-84(57(3)4)89(120)107-73(31-24-25-44-102)88(119)105-62-35-33-60(34-36-62)53-129-95(126)108-72-38-37-65-58(5)71(101)50-74-81(65)82(72)68-52-114-76(85(68)106-74)49-70-69(90(114)121)54-128-94(125)100(70,127)19-2/h20-23,27-29,32-36,49-50,57,59,63-64,72-73,80,83-84,127H,18-19,24-26,30-31,37-48,51-56,102H2,1-17H3,(H,103,124)(H,104,116)(H,105,119)(H,107,120)(H,108,126)(H,109,117)/t59?,63?,64?,72-,73-,80?,83?,84?,100-/m0/s1. The Balaban J connectivity index is 0.565. The van der Waals surface area contributed by atoms with Gasteiger partial charge in [-0.15, -0.1) is 5.10 Å². The fraction of sp³-hybridized carbons (Fsp3) is 0.560. The molecule has 2 aliphatic carbocycles. The number of likely N-dealkylation sites (tertiary alicyclic amines) is 1. The van der Waals surface area contributed by atoms with Crippen LogP contribution < -0.4 is 48.1 Å². The average molecular weight is 1840 g/mol. The first kappa shape index (κ1) is 98.7. The number of pyridine rings is 2. The summed E-state index contributed by atoms with van der Waals surface area (Å²) in [7, 11) is -0.639.